The first-order valence-electron chi connectivity index (χ1n) is 6.54. The van der Waals surface area contributed by atoms with Crippen LogP contribution < -0.4 is 14.8 Å². The molecule has 102 valence electrons. The van der Waals surface area contributed by atoms with Crippen LogP contribution in [0.4, 0.5) is 0 Å². The van der Waals surface area contributed by atoms with Crippen molar-refractivity contribution in [3.05, 3.63) is 23.8 Å². The molecule has 1 N–H and O–H groups in total. The molecule has 0 amide bonds. The lowest BCUT2D eigenvalue weighted by Gasteiger charge is -2.16. The van der Waals surface area contributed by atoms with E-state index in [9.17, 15) is 0 Å². The number of hydrogen-bond donors (Lipinski definition) is 1. The number of nitriles is 1. The molecule has 0 radical (unpaired) electrons. The third-order valence-corrected chi connectivity index (χ3v) is 3.55. The Labute approximate surface area is 114 Å². The second-order valence-electron chi connectivity index (χ2n) is 5.14. The highest BCUT2D eigenvalue weighted by molar-refractivity contribution is 5.43. The first-order chi connectivity index (χ1) is 9.23. The van der Waals surface area contributed by atoms with E-state index in [1.165, 1.54) is 0 Å². The fourth-order valence-electron chi connectivity index (χ4n) is 2.09. The Morgan fingerprint density at radius 3 is 2.74 bits per heavy atom. The normalized spacial score (nSPS) is 15.6. The van der Waals surface area contributed by atoms with Gasteiger partial charge in [0, 0.05) is 18.4 Å². The molecule has 0 spiro atoms. The van der Waals surface area contributed by atoms with Gasteiger partial charge in [0.05, 0.1) is 19.8 Å². The third kappa shape index (κ3) is 3.39. The highest BCUT2D eigenvalue weighted by Crippen LogP contribution is 2.49. The predicted octanol–water partition coefficient (Wildman–Crippen LogP) is 2.49. The van der Waals surface area contributed by atoms with Crippen LogP contribution in [0.15, 0.2) is 18.2 Å². The van der Waals surface area contributed by atoms with Crippen LogP contribution in [0, 0.1) is 16.7 Å². The molecule has 1 aliphatic carbocycles. The molecule has 0 aliphatic heterocycles. The summed E-state index contributed by atoms with van der Waals surface area (Å²) in [4.78, 5) is 0. The van der Waals surface area contributed by atoms with Gasteiger partial charge in [-0.1, -0.05) is 6.07 Å². The minimum atomic E-state index is 0.0867. The van der Waals surface area contributed by atoms with Gasteiger partial charge in [0.25, 0.3) is 0 Å². The van der Waals surface area contributed by atoms with Crippen molar-refractivity contribution in [1.29, 1.82) is 5.26 Å². The first-order valence-corrected chi connectivity index (χ1v) is 6.54. The highest BCUT2D eigenvalue weighted by atomic mass is 16.5. The number of nitrogens with zero attached hydrogens (tertiary/aromatic N) is 1. The summed E-state index contributed by atoms with van der Waals surface area (Å²) in [6.45, 7) is 1.40. The van der Waals surface area contributed by atoms with Crippen molar-refractivity contribution >= 4 is 0 Å². The number of nitrogens with one attached hydrogen (secondary N) is 1. The maximum atomic E-state index is 8.80. The van der Waals surface area contributed by atoms with Crippen LogP contribution in [-0.4, -0.2) is 20.8 Å². The minimum Gasteiger partial charge on any atom is -0.493 e. The van der Waals surface area contributed by atoms with Gasteiger partial charge in [0.2, 0.25) is 0 Å². The lowest BCUT2D eigenvalue weighted by molar-refractivity contribution is 0.227. The van der Waals surface area contributed by atoms with E-state index >= 15 is 0 Å². The molecule has 19 heavy (non-hydrogen) atoms. The minimum absolute atomic E-state index is 0.0867. The molecule has 1 saturated carbocycles. The summed E-state index contributed by atoms with van der Waals surface area (Å²) < 4.78 is 11.2. The van der Waals surface area contributed by atoms with Gasteiger partial charge in [-0.2, -0.15) is 5.26 Å². The van der Waals surface area contributed by atoms with Crippen molar-refractivity contribution in [3.63, 3.8) is 0 Å². The Bertz CT molecular complexity index is 476. The standard InChI is InChI=1S/C15H20N2O2/c1-17-10-12-3-4-13(14(9-12)18-2)19-11-15(5-6-15)7-8-16/h3-4,9,17H,5-7,10-11H2,1-2H3. The summed E-state index contributed by atoms with van der Waals surface area (Å²) in [5.74, 6) is 1.51. The molecule has 0 heterocycles. The van der Waals surface area contributed by atoms with Crippen LogP contribution in [0.1, 0.15) is 24.8 Å². The second-order valence-corrected chi connectivity index (χ2v) is 5.14. The van der Waals surface area contributed by atoms with Crippen LogP contribution in [0.2, 0.25) is 0 Å². The summed E-state index contributed by atoms with van der Waals surface area (Å²) in [5, 5.41) is 11.9. The number of hydrogen-bond acceptors (Lipinski definition) is 4. The zero-order valence-corrected chi connectivity index (χ0v) is 11.5. The van der Waals surface area contributed by atoms with Crippen molar-refractivity contribution in [2.24, 2.45) is 5.41 Å². The first kappa shape index (κ1) is 13.7. The van der Waals surface area contributed by atoms with Gasteiger partial charge < -0.3 is 14.8 Å². The number of methoxy groups -OCH3 is 1. The topological polar surface area (TPSA) is 54.3 Å². The van der Waals surface area contributed by atoms with Gasteiger partial charge in [-0.15, -0.1) is 0 Å². The average molecular weight is 260 g/mol. The number of ether oxygens (including phenoxy) is 2. The van der Waals surface area contributed by atoms with Crippen LogP contribution in [0.3, 0.4) is 0 Å². The largest absolute Gasteiger partial charge is 0.493 e. The fraction of sp³-hybridized carbons (Fsp3) is 0.533. The molecule has 0 aromatic heterocycles. The molecule has 1 aliphatic rings. The molecule has 4 heteroatoms. The Balaban J connectivity index is 2.02. The Hall–Kier alpha value is -1.73. The molecule has 1 fully saturated rings. The van der Waals surface area contributed by atoms with E-state index in [2.05, 4.69) is 11.4 Å². The lowest BCUT2D eigenvalue weighted by Crippen LogP contribution is -2.13. The fourth-order valence-corrected chi connectivity index (χ4v) is 2.09. The summed E-state index contributed by atoms with van der Waals surface area (Å²) in [6, 6.07) is 8.19. The smallest absolute Gasteiger partial charge is 0.161 e. The molecule has 1 aromatic rings. The van der Waals surface area contributed by atoms with E-state index in [1.807, 2.05) is 25.2 Å². The quantitative estimate of drug-likeness (QED) is 0.818. The van der Waals surface area contributed by atoms with Crippen molar-refractivity contribution in [2.75, 3.05) is 20.8 Å². The summed E-state index contributed by atoms with van der Waals surface area (Å²) >= 11 is 0. The molecule has 0 unspecified atom stereocenters. The molecular weight excluding hydrogens is 240 g/mol. The zero-order valence-electron chi connectivity index (χ0n) is 11.5. The van der Waals surface area contributed by atoms with Gasteiger partial charge in [0.1, 0.15) is 0 Å². The monoisotopic (exact) mass is 260 g/mol. The summed E-state index contributed by atoms with van der Waals surface area (Å²) in [6.07, 6.45) is 2.74. The molecule has 4 nitrogen and oxygen atoms in total. The summed E-state index contributed by atoms with van der Waals surface area (Å²) in [5.41, 5.74) is 1.24. The molecule has 2 rings (SSSR count). The van der Waals surface area contributed by atoms with Crippen LogP contribution >= 0.6 is 0 Å². The summed E-state index contributed by atoms with van der Waals surface area (Å²) in [7, 11) is 3.56. The van der Waals surface area contributed by atoms with Crippen LogP contribution in [0.25, 0.3) is 0 Å². The maximum absolute atomic E-state index is 8.80. The van der Waals surface area contributed by atoms with Gasteiger partial charge in [-0.3, -0.25) is 0 Å². The highest BCUT2D eigenvalue weighted by Gasteiger charge is 2.43. The van der Waals surface area contributed by atoms with Crippen molar-refractivity contribution in [2.45, 2.75) is 25.8 Å². The Morgan fingerprint density at radius 2 is 2.16 bits per heavy atom. The SMILES string of the molecule is CNCc1ccc(OCC2(CC#N)CC2)c(OC)c1. The lowest BCUT2D eigenvalue weighted by atomic mass is 10.1. The molecular formula is C15H20N2O2. The van der Waals surface area contributed by atoms with E-state index in [1.54, 1.807) is 7.11 Å². The van der Waals surface area contributed by atoms with E-state index in [0.717, 1.165) is 36.4 Å². The zero-order chi connectivity index (χ0) is 13.7. The van der Waals surface area contributed by atoms with Gasteiger partial charge in [-0.05, 0) is 37.6 Å². The maximum Gasteiger partial charge on any atom is 0.161 e. The molecule has 1 aromatic carbocycles. The second kappa shape index (κ2) is 5.94. The van der Waals surface area contributed by atoms with E-state index in [0.29, 0.717) is 13.0 Å². The van der Waals surface area contributed by atoms with Crippen molar-refractivity contribution in [1.82, 2.24) is 5.32 Å². The Morgan fingerprint density at radius 1 is 1.37 bits per heavy atom. The average Bonchev–Trinajstić information content (AvgIpc) is 3.18. The van der Waals surface area contributed by atoms with Gasteiger partial charge in [0.15, 0.2) is 11.5 Å². The van der Waals surface area contributed by atoms with Gasteiger partial charge >= 0.3 is 0 Å². The van der Waals surface area contributed by atoms with Gasteiger partial charge in [-0.25, -0.2) is 0 Å². The van der Waals surface area contributed by atoms with E-state index in [-0.39, 0.29) is 5.41 Å². The Kier molecular flexibility index (Phi) is 4.28. The van der Waals surface area contributed by atoms with Crippen LogP contribution in [0.5, 0.6) is 11.5 Å². The molecule has 0 bridgehead atoms. The van der Waals surface area contributed by atoms with E-state index in [4.69, 9.17) is 14.7 Å². The van der Waals surface area contributed by atoms with E-state index < -0.39 is 0 Å². The molecule has 0 atom stereocenters. The number of benzene rings is 1. The predicted molar refractivity (Wildman–Crippen MR) is 73.1 cm³/mol. The number of rotatable bonds is 7. The van der Waals surface area contributed by atoms with Crippen LogP contribution in [-0.2, 0) is 6.54 Å². The van der Waals surface area contributed by atoms with Crippen molar-refractivity contribution < 1.29 is 9.47 Å². The van der Waals surface area contributed by atoms with Crippen molar-refractivity contribution in [3.8, 4) is 17.6 Å². The third-order valence-electron chi connectivity index (χ3n) is 3.55. The molecule has 0 saturated heterocycles.